The van der Waals surface area contributed by atoms with Crippen LogP contribution in [-0.2, 0) is 13.1 Å². The van der Waals surface area contributed by atoms with E-state index in [0.717, 1.165) is 31.6 Å². The first-order chi connectivity index (χ1) is 7.84. The molecule has 1 unspecified atom stereocenters. The first-order valence-electron chi connectivity index (χ1n) is 6.08. The van der Waals surface area contributed by atoms with Gasteiger partial charge in [0, 0.05) is 24.8 Å². The molecule has 16 heavy (non-hydrogen) atoms. The van der Waals surface area contributed by atoms with Crippen LogP contribution in [0.2, 0.25) is 0 Å². The van der Waals surface area contributed by atoms with Crippen molar-refractivity contribution < 1.29 is 5.11 Å². The summed E-state index contributed by atoms with van der Waals surface area (Å²) < 4.78 is 0. The first kappa shape index (κ1) is 10.2. The Labute approximate surface area is 95.1 Å². The van der Waals surface area contributed by atoms with Crippen molar-refractivity contribution in [2.24, 2.45) is 5.92 Å². The summed E-state index contributed by atoms with van der Waals surface area (Å²) in [7, 11) is 0. The van der Waals surface area contributed by atoms with Crippen molar-refractivity contribution in [2.45, 2.75) is 44.9 Å². The van der Waals surface area contributed by atoms with Gasteiger partial charge in [-0.05, 0) is 18.8 Å². The number of nitrogens with zero attached hydrogens (tertiary/aromatic N) is 2. The second kappa shape index (κ2) is 4.11. The van der Waals surface area contributed by atoms with Crippen molar-refractivity contribution >= 4 is 0 Å². The predicted molar refractivity (Wildman–Crippen MR) is 59.5 cm³/mol. The molecular weight excluding hydrogens is 202 g/mol. The van der Waals surface area contributed by atoms with Crippen LogP contribution in [0.3, 0.4) is 0 Å². The van der Waals surface area contributed by atoms with E-state index in [-0.39, 0.29) is 0 Å². The lowest BCUT2D eigenvalue weighted by molar-refractivity contribution is 0.102. The highest BCUT2D eigenvalue weighted by atomic mass is 16.3. The molecule has 0 saturated heterocycles. The second-order valence-electron chi connectivity index (χ2n) is 4.79. The first-order valence-corrected chi connectivity index (χ1v) is 6.08. The number of aliphatic hydroxyl groups excluding tert-OH is 1. The fourth-order valence-electron chi connectivity index (χ4n) is 2.70. The smallest absolute Gasteiger partial charge is 0.157 e. The molecule has 1 aliphatic heterocycles. The Bertz CT molecular complexity index is 388. The lowest BCUT2D eigenvalue weighted by Gasteiger charge is -2.16. The van der Waals surface area contributed by atoms with E-state index in [1.165, 1.54) is 18.4 Å². The van der Waals surface area contributed by atoms with Gasteiger partial charge in [-0.1, -0.05) is 12.8 Å². The SMILES string of the molecule is OC(c1ncc2c(n1)CNC2)C1CCCC1. The molecule has 4 nitrogen and oxygen atoms in total. The molecule has 3 rings (SSSR count). The van der Waals surface area contributed by atoms with Crippen molar-refractivity contribution in [1.29, 1.82) is 0 Å². The molecule has 4 heteroatoms. The minimum Gasteiger partial charge on any atom is -0.385 e. The third kappa shape index (κ3) is 1.72. The zero-order valence-corrected chi connectivity index (χ0v) is 9.32. The van der Waals surface area contributed by atoms with E-state index < -0.39 is 6.10 Å². The standard InChI is InChI=1S/C12H17N3O/c16-11(8-3-1-2-4-8)12-14-6-9-5-13-7-10(9)15-12/h6,8,11,13,16H,1-5,7H2. The Morgan fingerprint density at radius 1 is 1.31 bits per heavy atom. The van der Waals surface area contributed by atoms with Gasteiger partial charge >= 0.3 is 0 Å². The molecule has 2 heterocycles. The summed E-state index contributed by atoms with van der Waals surface area (Å²) in [6.45, 7) is 1.66. The van der Waals surface area contributed by atoms with Gasteiger partial charge in [0.1, 0.15) is 6.10 Å². The lowest BCUT2D eigenvalue weighted by Crippen LogP contribution is -2.13. The van der Waals surface area contributed by atoms with Gasteiger partial charge in [-0.15, -0.1) is 0 Å². The normalized spacial score (nSPS) is 22.3. The van der Waals surface area contributed by atoms with Crippen molar-refractivity contribution in [3.63, 3.8) is 0 Å². The van der Waals surface area contributed by atoms with Crippen LogP contribution >= 0.6 is 0 Å². The van der Waals surface area contributed by atoms with Crippen molar-refractivity contribution in [3.8, 4) is 0 Å². The molecule has 2 aliphatic rings. The molecule has 1 atom stereocenters. The van der Waals surface area contributed by atoms with E-state index in [2.05, 4.69) is 15.3 Å². The zero-order chi connectivity index (χ0) is 11.0. The third-order valence-electron chi connectivity index (χ3n) is 3.69. The van der Waals surface area contributed by atoms with E-state index >= 15 is 0 Å². The Morgan fingerprint density at radius 3 is 2.94 bits per heavy atom. The Balaban J connectivity index is 1.83. The van der Waals surface area contributed by atoms with Crippen LogP contribution in [0.4, 0.5) is 0 Å². The van der Waals surface area contributed by atoms with Gasteiger partial charge in [0.2, 0.25) is 0 Å². The molecule has 0 spiro atoms. The topological polar surface area (TPSA) is 58.0 Å². The largest absolute Gasteiger partial charge is 0.385 e. The van der Waals surface area contributed by atoms with E-state index in [1.807, 2.05) is 6.20 Å². The van der Waals surface area contributed by atoms with Crippen LogP contribution in [-0.4, -0.2) is 15.1 Å². The summed E-state index contributed by atoms with van der Waals surface area (Å²) in [5.74, 6) is 0.988. The summed E-state index contributed by atoms with van der Waals surface area (Å²) >= 11 is 0. The average molecular weight is 219 g/mol. The van der Waals surface area contributed by atoms with Crippen molar-refractivity contribution in [2.75, 3.05) is 0 Å². The molecule has 1 fully saturated rings. The summed E-state index contributed by atoms with van der Waals surface area (Å²) in [6.07, 6.45) is 6.08. The van der Waals surface area contributed by atoms with Gasteiger partial charge in [0.15, 0.2) is 5.82 Å². The molecule has 0 amide bonds. The van der Waals surface area contributed by atoms with Crippen LogP contribution in [0.1, 0.15) is 48.9 Å². The predicted octanol–water partition coefficient (Wildman–Crippen LogP) is 1.30. The zero-order valence-electron chi connectivity index (χ0n) is 9.32. The fraction of sp³-hybridized carbons (Fsp3) is 0.667. The van der Waals surface area contributed by atoms with E-state index in [4.69, 9.17) is 0 Å². The minimum atomic E-state index is -0.464. The van der Waals surface area contributed by atoms with E-state index in [1.54, 1.807) is 0 Å². The molecular formula is C12H17N3O. The molecule has 2 N–H and O–H groups in total. The lowest BCUT2D eigenvalue weighted by atomic mass is 10.0. The van der Waals surface area contributed by atoms with Gasteiger partial charge in [-0.2, -0.15) is 0 Å². The molecule has 1 saturated carbocycles. The molecule has 1 aromatic rings. The van der Waals surface area contributed by atoms with Crippen LogP contribution in [0.5, 0.6) is 0 Å². The highest BCUT2D eigenvalue weighted by Crippen LogP contribution is 2.34. The summed E-state index contributed by atoms with van der Waals surface area (Å²) in [5, 5.41) is 13.4. The number of aromatic nitrogens is 2. The molecule has 0 radical (unpaired) electrons. The Morgan fingerprint density at radius 2 is 2.12 bits per heavy atom. The monoisotopic (exact) mass is 219 g/mol. The van der Waals surface area contributed by atoms with Gasteiger partial charge in [-0.3, -0.25) is 0 Å². The van der Waals surface area contributed by atoms with Gasteiger partial charge < -0.3 is 10.4 Å². The van der Waals surface area contributed by atoms with E-state index in [9.17, 15) is 5.11 Å². The highest BCUT2D eigenvalue weighted by Gasteiger charge is 2.27. The molecule has 0 aromatic carbocycles. The summed E-state index contributed by atoms with van der Waals surface area (Å²) in [6, 6.07) is 0. The number of hydrogen-bond donors (Lipinski definition) is 2. The van der Waals surface area contributed by atoms with Crippen LogP contribution in [0, 0.1) is 5.92 Å². The maximum Gasteiger partial charge on any atom is 0.157 e. The Hall–Kier alpha value is -1.00. The second-order valence-corrected chi connectivity index (χ2v) is 4.79. The maximum atomic E-state index is 10.2. The van der Waals surface area contributed by atoms with Crippen LogP contribution < -0.4 is 5.32 Å². The Kier molecular flexibility index (Phi) is 2.61. The maximum absolute atomic E-state index is 10.2. The minimum absolute atomic E-state index is 0.368. The third-order valence-corrected chi connectivity index (χ3v) is 3.69. The number of hydrogen-bond acceptors (Lipinski definition) is 4. The fourth-order valence-corrected chi connectivity index (χ4v) is 2.70. The summed E-state index contributed by atoms with van der Waals surface area (Å²) in [4.78, 5) is 8.77. The molecule has 86 valence electrons. The van der Waals surface area contributed by atoms with Gasteiger partial charge in [0.05, 0.1) is 5.69 Å². The van der Waals surface area contributed by atoms with Crippen molar-refractivity contribution in [1.82, 2.24) is 15.3 Å². The van der Waals surface area contributed by atoms with Crippen LogP contribution in [0.15, 0.2) is 6.20 Å². The van der Waals surface area contributed by atoms with Gasteiger partial charge in [0.25, 0.3) is 0 Å². The number of nitrogens with one attached hydrogen (secondary N) is 1. The molecule has 0 bridgehead atoms. The molecule has 1 aliphatic carbocycles. The van der Waals surface area contributed by atoms with Crippen LogP contribution in [0.25, 0.3) is 0 Å². The number of rotatable bonds is 2. The van der Waals surface area contributed by atoms with Gasteiger partial charge in [-0.25, -0.2) is 9.97 Å². The van der Waals surface area contributed by atoms with E-state index in [0.29, 0.717) is 11.7 Å². The highest BCUT2D eigenvalue weighted by molar-refractivity contribution is 5.21. The average Bonchev–Trinajstić information content (AvgIpc) is 2.98. The van der Waals surface area contributed by atoms with Crippen molar-refractivity contribution in [3.05, 3.63) is 23.3 Å². The quantitative estimate of drug-likeness (QED) is 0.787. The molecule has 1 aromatic heterocycles. The number of fused-ring (bicyclic) bond motifs is 1. The summed E-state index contributed by atoms with van der Waals surface area (Å²) in [5.41, 5.74) is 2.23. The number of aliphatic hydroxyl groups is 1.